The van der Waals surface area contributed by atoms with Crippen LogP contribution in [0, 0.1) is 0 Å². The maximum absolute atomic E-state index is 9.09. The average Bonchev–Trinajstić information content (AvgIpc) is 1.59. The van der Waals surface area contributed by atoms with Crippen LogP contribution in [0.2, 0.25) is 6.32 Å². The predicted molar refractivity (Wildman–Crippen MR) is 36.1 cm³/mol. The van der Waals surface area contributed by atoms with E-state index in [9.17, 15) is 0 Å². The predicted octanol–water partition coefficient (Wildman–Crippen LogP) is 1.12. The first kappa shape index (κ1) is 8.02. The Labute approximate surface area is 52.5 Å². The molecule has 0 saturated carbocycles. The van der Waals surface area contributed by atoms with E-state index in [2.05, 4.69) is 0 Å². The highest BCUT2D eigenvalue weighted by molar-refractivity contribution is 6.08. The fourth-order valence-electron chi connectivity index (χ4n) is 0.535. The van der Waals surface area contributed by atoms with E-state index in [1.54, 1.807) is 13.8 Å². The molecule has 0 fully saturated rings. The molecule has 8 heavy (non-hydrogen) atoms. The molecule has 0 unspecified atom stereocenters. The highest BCUT2D eigenvalue weighted by Crippen LogP contribution is 2.10. The molecule has 0 bridgehead atoms. The summed E-state index contributed by atoms with van der Waals surface area (Å²) < 4.78 is 0. The zero-order valence-corrected chi connectivity index (χ0v) is 5.65. The van der Waals surface area contributed by atoms with E-state index < -0.39 is 5.60 Å². The summed E-state index contributed by atoms with van der Waals surface area (Å²) in [5.74, 6) is 0. The van der Waals surface area contributed by atoms with Crippen molar-refractivity contribution in [3.8, 4) is 0 Å². The van der Waals surface area contributed by atoms with E-state index in [0.29, 0.717) is 6.32 Å². The van der Waals surface area contributed by atoms with E-state index in [0.717, 1.165) is 12.8 Å². The van der Waals surface area contributed by atoms with E-state index in [-0.39, 0.29) is 0 Å². The molecule has 0 aliphatic heterocycles. The highest BCUT2D eigenvalue weighted by Gasteiger charge is 2.09. The van der Waals surface area contributed by atoms with Gasteiger partial charge in [-0.1, -0.05) is 12.7 Å². The lowest BCUT2D eigenvalue weighted by Crippen LogP contribution is -2.17. The van der Waals surface area contributed by atoms with Crippen LogP contribution in [0.3, 0.4) is 0 Å². The summed E-state index contributed by atoms with van der Waals surface area (Å²) in [6, 6.07) is 0. The Morgan fingerprint density at radius 1 is 1.50 bits per heavy atom. The maximum atomic E-state index is 9.09. The van der Waals surface area contributed by atoms with Gasteiger partial charge in [0.05, 0.1) is 13.4 Å². The van der Waals surface area contributed by atoms with Crippen LogP contribution in [0.4, 0.5) is 0 Å². The van der Waals surface area contributed by atoms with Gasteiger partial charge in [0.15, 0.2) is 0 Å². The lowest BCUT2D eigenvalue weighted by Gasteiger charge is -2.15. The summed E-state index contributed by atoms with van der Waals surface area (Å²) in [7, 11) is 5.22. The van der Waals surface area contributed by atoms with E-state index >= 15 is 0 Å². The molecule has 46 valence electrons. The molecule has 0 spiro atoms. The standard InChI is InChI=1S/C6H13BO/c1-6(2,8)4-3-5-7/h8H,3-5H2,1-2H3. The molecule has 0 heterocycles. The Morgan fingerprint density at radius 2 is 2.00 bits per heavy atom. The van der Waals surface area contributed by atoms with Gasteiger partial charge in [0, 0.05) is 0 Å². The van der Waals surface area contributed by atoms with Gasteiger partial charge in [-0.15, -0.1) is 0 Å². The minimum absolute atomic E-state index is 0.528. The molecule has 0 atom stereocenters. The smallest absolute Gasteiger partial charge is 0.0653 e. The monoisotopic (exact) mass is 112 g/mol. The molecule has 2 heteroatoms. The van der Waals surface area contributed by atoms with Crippen molar-refractivity contribution in [2.45, 2.75) is 38.6 Å². The average molecular weight is 112 g/mol. The molecule has 0 aliphatic carbocycles. The van der Waals surface area contributed by atoms with Gasteiger partial charge in [-0.25, -0.2) is 0 Å². The lowest BCUT2D eigenvalue weighted by molar-refractivity contribution is 0.0703. The van der Waals surface area contributed by atoms with Crippen molar-refractivity contribution in [2.24, 2.45) is 0 Å². The van der Waals surface area contributed by atoms with Crippen LogP contribution >= 0.6 is 0 Å². The van der Waals surface area contributed by atoms with Crippen LogP contribution in [0.15, 0.2) is 0 Å². The Morgan fingerprint density at radius 3 is 2.12 bits per heavy atom. The van der Waals surface area contributed by atoms with Crippen LogP contribution in [-0.4, -0.2) is 18.6 Å². The summed E-state index contributed by atoms with van der Waals surface area (Å²) >= 11 is 0. The molecule has 1 N–H and O–H groups in total. The van der Waals surface area contributed by atoms with E-state index in [1.165, 1.54) is 0 Å². The second-order valence-corrected chi connectivity index (χ2v) is 2.70. The van der Waals surface area contributed by atoms with Gasteiger partial charge in [-0.3, -0.25) is 0 Å². The molecular weight excluding hydrogens is 98.9 g/mol. The minimum Gasteiger partial charge on any atom is -0.390 e. The van der Waals surface area contributed by atoms with Gasteiger partial charge >= 0.3 is 0 Å². The fourth-order valence-corrected chi connectivity index (χ4v) is 0.535. The molecule has 1 nitrogen and oxygen atoms in total. The second-order valence-electron chi connectivity index (χ2n) is 2.70. The van der Waals surface area contributed by atoms with Crippen molar-refractivity contribution >= 4 is 7.85 Å². The number of hydrogen-bond donors (Lipinski definition) is 1. The largest absolute Gasteiger partial charge is 0.390 e. The van der Waals surface area contributed by atoms with Crippen molar-refractivity contribution in [3.05, 3.63) is 0 Å². The number of rotatable bonds is 3. The fraction of sp³-hybridized carbons (Fsp3) is 1.00. The first-order chi connectivity index (χ1) is 3.56. The second kappa shape index (κ2) is 3.13. The molecule has 0 aromatic rings. The van der Waals surface area contributed by atoms with Crippen molar-refractivity contribution in [2.75, 3.05) is 0 Å². The third-order valence-electron chi connectivity index (χ3n) is 0.993. The molecule has 0 aromatic heterocycles. The Bertz CT molecular complexity index is 56.0. The van der Waals surface area contributed by atoms with Gasteiger partial charge in [0.25, 0.3) is 0 Å². The van der Waals surface area contributed by atoms with Crippen molar-refractivity contribution in [1.82, 2.24) is 0 Å². The van der Waals surface area contributed by atoms with Crippen LogP contribution in [-0.2, 0) is 0 Å². The van der Waals surface area contributed by atoms with Crippen LogP contribution < -0.4 is 0 Å². The summed E-state index contributed by atoms with van der Waals surface area (Å²) in [6.07, 6.45) is 2.37. The zero-order chi connectivity index (χ0) is 6.62. The SMILES string of the molecule is [B]CCCC(C)(C)O. The molecule has 2 radical (unpaired) electrons. The van der Waals surface area contributed by atoms with Crippen molar-refractivity contribution < 1.29 is 5.11 Å². The maximum Gasteiger partial charge on any atom is 0.0653 e. The molecule has 0 aromatic carbocycles. The molecule has 0 amide bonds. The minimum atomic E-state index is -0.528. The molecule has 0 aliphatic rings. The lowest BCUT2D eigenvalue weighted by atomic mass is 9.94. The summed E-state index contributed by atoms with van der Waals surface area (Å²) in [4.78, 5) is 0. The van der Waals surface area contributed by atoms with Crippen LogP contribution in [0.1, 0.15) is 26.7 Å². The topological polar surface area (TPSA) is 20.2 Å². The van der Waals surface area contributed by atoms with E-state index in [4.69, 9.17) is 13.0 Å². The van der Waals surface area contributed by atoms with E-state index in [1.807, 2.05) is 0 Å². The summed E-state index contributed by atoms with van der Waals surface area (Å²) in [5, 5.41) is 9.09. The normalized spacial score (nSPS) is 11.9. The van der Waals surface area contributed by atoms with Gasteiger partial charge in [-0.05, 0) is 20.3 Å². The Hall–Kier alpha value is 0.0249. The first-order valence-electron chi connectivity index (χ1n) is 2.99. The first-order valence-corrected chi connectivity index (χ1v) is 2.99. The Kier molecular flexibility index (Phi) is 3.14. The van der Waals surface area contributed by atoms with Gasteiger partial charge in [0.2, 0.25) is 0 Å². The third-order valence-corrected chi connectivity index (χ3v) is 0.993. The van der Waals surface area contributed by atoms with Crippen molar-refractivity contribution in [3.63, 3.8) is 0 Å². The van der Waals surface area contributed by atoms with Gasteiger partial charge in [0.1, 0.15) is 0 Å². The van der Waals surface area contributed by atoms with Gasteiger partial charge in [-0.2, -0.15) is 0 Å². The zero-order valence-electron chi connectivity index (χ0n) is 5.65. The molecular formula is C6H13BO. The highest BCUT2D eigenvalue weighted by atomic mass is 16.3. The number of aliphatic hydroxyl groups is 1. The van der Waals surface area contributed by atoms with Crippen LogP contribution in [0.25, 0.3) is 0 Å². The summed E-state index contributed by atoms with van der Waals surface area (Å²) in [6.45, 7) is 3.59. The van der Waals surface area contributed by atoms with Gasteiger partial charge < -0.3 is 5.11 Å². The quantitative estimate of drug-likeness (QED) is 0.542. The Balaban J connectivity index is 3.11. The van der Waals surface area contributed by atoms with Crippen molar-refractivity contribution in [1.29, 1.82) is 0 Å². The number of hydrogen-bond acceptors (Lipinski definition) is 1. The summed E-state index contributed by atoms with van der Waals surface area (Å²) in [5.41, 5.74) is -0.528. The van der Waals surface area contributed by atoms with Crippen LogP contribution in [0.5, 0.6) is 0 Å². The molecule has 0 saturated heterocycles. The molecule has 0 rings (SSSR count). The third kappa shape index (κ3) is 6.02.